The van der Waals surface area contributed by atoms with Crippen molar-refractivity contribution in [2.75, 3.05) is 13.6 Å². The summed E-state index contributed by atoms with van der Waals surface area (Å²) in [6, 6.07) is 9.85. The monoisotopic (exact) mass is 427 g/mol. The molecule has 2 aliphatic heterocycles. The zero-order valence-electron chi connectivity index (χ0n) is 18.0. The van der Waals surface area contributed by atoms with Gasteiger partial charge in [0.25, 0.3) is 0 Å². The summed E-state index contributed by atoms with van der Waals surface area (Å²) in [5.41, 5.74) is 9.74. The highest BCUT2D eigenvalue weighted by molar-refractivity contribution is 6.31. The SMILES string of the molecule is C=C1CCC2CN2C(=NC)C1C(N)C(F)C(C)c1cc(Cl)cc2cccc(CC)c12. The second-order valence-electron chi connectivity index (χ2n) is 8.74. The molecule has 2 saturated heterocycles. The van der Waals surface area contributed by atoms with Crippen molar-refractivity contribution in [3.05, 3.63) is 58.6 Å². The molecule has 0 aliphatic carbocycles. The predicted molar refractivity (Wildman–Crippen MR) is 125 cm³/mol. The van der Waals surface area contributed by atoms with E-state index in [0.29, 0.717) is 11.1 Å². The molecule has 5 unspecified atom stereocenters. The van der Waals surface area contributed by atoms with Gasteiger partial charge in [-0.25, -0.2) is 4.39 Å². The summed E-state index contributed by atoms with van der Waals surface area (Å²) >= 11 is 6.42. The maximum atomic E-state index is 16.0. The van der Waals surface area contributed by atoms with Crippen LogP contribution in [0.4, 0.5) is 4.39 Å². The third kappa shape index (κ3) is 3.65. The summed E-state index contributed by atoms with van der Waals surface area (Å²) in [5.74, 6) is 0.249. The molecule has 2 heterocycles. The Bertz CT molecular complexity index is 1000. The molecule has 0 amide bonds. The van der Waals surface area contributed by atoms with E-state index >= 15 is 4.39 Å². The van der Waals surface area contributed by atoms with Crippen LogP contribution < -0.4 is 5.73 Å². The predicted octanol–water partition coefficient (Wildman–Crippen LogP) is 5.50. The maximum Gasteiger partial charge on any atom is 0.123 e. The van der Waals surface area contributed by atoms with Crippen LogP contribution in [0.1, 0.15) is 43.7 Å². The average Bonchev–Trinajstić information content (AvgIpc) is 3.52. The largest absolute Gasteiger partial charge is 0.353 e. The number of aliphatic imine (C=N–C) groups is 1. The summed E-state index contributed by atoms with van der Waals surface area (Å²) in [5, 5.41) is 2.77. The van der Waals surface area contributed by atoms with Crippen molar-refractivity contribution < 1.29 is 4.39 Å². The Kier molecular flexibility index (Phi) is 5.91. The van der Waals surface area contributed by atoms with E-state index in [1.54, 1.807) is 7.05 Å². The number of fused-ring (bicyclic) bond motifs is 2. The van der Waals surface area contributed by atoms with Crippen LogP contribution in [0.25, 0.3) is 10.8 Å². The maximum absolute atomic E-state index is 16.0. The summed E-state index contributed by atoms with van der Waals surface area (Å²) in [7, 11) is 1.78. The summed E-state index contributed by atoms with van der Waals surface area (Å²) in [6.07, 6.45) is 1.56. The van der Waals surface area contributed by atoms with Crippen LogP contribution in [-0.4, -0.2) is 42.6 Å². The molecule has 0 aromatic heterocycles. The molecule has 2 aromatic rings. The summed E-state index contributed by atoms with van der Waals surface area (Å²) < 4.78 is 16.0. The molecule has 5 heteroatoms. The molecule has 0 spiro atoms. The highest BCUT2D eigenvalue weighted by Crippen LogP contribution is 2.40. The molecule has 4 rings (SSSR count). The van der Waals surface area contributed by atoms with Crippen molar-refractivity contribution in [1.82, 2.24) is 4.90 Å². The van der Waals surface area contributed by atoms with Crippen LogP contribution in [0.15, 0.2) is 47.5 Å². The number of rotatable bonds is 5. The van der Waals surface area contributed by atoms with Crippen LogP contribution in [0, 0.1) is 5.92 Å². The first kappa shape index (κ1) is 21.3. The quantitative estimate of drug-likeness (QED) is 0.505. The molecular formula is C25H31ClFN3. The molecule has 0 bridgehead atoms. The van der Waals surface area contributed by atoms with Gasteiger partial charge in [0.2, 0.25) is 0 Å². The second-order valence-corrected chi connectivity index (χ2v) is 9.17. The van der Waals surface area contributed by atoms with Gasteiger partial charge < -0.3 is 10.6 Å². The number of amidine groups is 1. The number of alkyl halides is 1. The summed E-state index contributed by atoms with van der Waals surface area (Å²) in [6.45, 7) is 9.30. The van der Waals surface area contributed by atoms with E-state index in [4.69, 9.17) is 17.3 Å². The first-order valence-corrected chi connectivity index (χ1v) is 11.3. The number of hydrogen-bond donors (Lipinski definition) is 1. The molecule has 5 atom stereocenters. The number of hydrogen-bond acceptors (Lipinski definition) is 2. The van der Waals surface area contributed by atoms with Gasteiger partial charge >= 0.3 is 0 Å². The lowest BCUT2D eigenvalue weighted by atomic mass is 9.80. The number of nitrogens with two attached hydrogens (primary N) is 1. The van der Waals surface area contributed by atoms with Gasteiger partial charge in [-0.15, -0.1) is 0 Å². The van der Waals surface area contributed by atoms with E-state index in [-0.39, 0.29) is 5.92 Å². The van der Waals surface area contributed by atoms with Crippen LogP contribution in [-0.2, 0) is 6.42 Å². The minimum atomic E-state index is -1.24. The fourth-order valence-electron chi connectivity index (χ4n) is 5.13. The molecule has 2 aromatic carbocycles. The third-order valence-electron chi connectivity index (χ3n) is 6.91. The van der Waals surface area contributed by atoms with E-state index < -0.39 is 18.1 Å². The first-order valence-electron chi connectivity index (χ1n) is 10.9. The van der Waals surface area contributed by atoms with Crippen LogP contribution >= 0.6 is 11.6 Å². The van der Waals surface area contributed by atoms with Gasteiger partial charge in [0, 0.05) is 36.6 Å². The molecule has 0 saturated carbocycles. The van der Waals surface area contributed by atoms with Crippen molar-refractivity contribution in [3.63, 3.8) is 0 Å². The molecule has 2 aliphatic rings. The molecule has 3 nitrogen and oxygen atoms in total. The van der Waals surface area contributed by atoms with Gasteiger partial charge in [0.15, 0.2) is 0 Å². The molecule has 160 valence electrons. The number of nitrogens with zero attached hydrogens (tertiary/aromatic N) is 2. The number of aryl methyl sites for hydroxylation is 1. The van der Waals surface area contributed by atoms with Crippen molar-refractivity contribution in [1.29, 1.82) is 0 Å². The third-order valence-corrected chi connectivity index (χ3v) is 7.13. The van der Waals surface area contributed by atoms with Crippen molar-refractivity contribution in [3.8, 4) is 0 Å². The Morgan fingerprint density at radius 3 is 2.83 bits per heavy atom. The lowest BCUT2D eigenvalue weighted by molar-refractivity contribution is 0.228. The van der Waals surface area contributed by atoms with E-state index in [1.165, 1.54) is 5.56 Å². The minimum absolute atomic E-state index is 0.254. The van der Waals surface area contributed by atoms with Gasteiger partial charge in [-0.05, 0) is 53.3 Å². The van der Waals surface area contributed by atoms with Crippen molar-refractivity contribution in [2.45, 2.75) is 57.3 Å². The molecule has 0 radical (unpaired) electrons. The van der Waals surface area contributed by atoms with E-state index in [1.807, 2.05) is 31.2 Å². The van der Waals surface area contributed by atoms with Gasteiger partial charge in [0.1, 0.15) is 12.0 Å². The number of benzene rings is 2. The van der Waals surface area contributed by atoms with E-state index in [2.05, 4.69) is 29.5 Å². The van der Waals surface area contributed by atoms with Crippen LogP contribution in [0.2, 0.25) is 5.02 Å². The Hall–Kier alpha value is -1.91. The normalized spacial score (nSPS) is 25.7. The first-order chi connectivity index (χ1) is 14.4. The standard InChI is InChI=1S/C25H31ClFN3/c1-5-16-7-6-8-17-11-18(26)12-20(22(16)17)15(3)23(27)24(28)21-14(2)9-10-19-13-30(19)25(21)29-4/h6-8,11-12,15,19,21,23-24H,2,5,9-10,13,28H2,1,3-4H3. The van der Waals surface area contributed by atoms with Gasteiger partial charge in [-0.2, -0.15) is 0 Å². The van der Waals surface area contributed by atoms with Crippen molar-refractivity contribution in [2.24, 2.45) is 16.6 Å². The molecular weight excluding hydrogens is 397 g/mol. The highest BCUT2D eigenvalue weighted by atomic mass is 35.5. The molecule has 2 fully saturated rings. The highest BCUT2D eigenvalue weighted by Gasteiger charge is 2.46. The smallest absolute Gasteiger partial charge is 0.123 e. The molecule has 30 heavy (non-hydrogen) atoms. The Balaban J connectivity index is 1.71. The Morgan fingerprint density at radius 1 is 1.37 bits per heavy atom. The molecule has 2 N–H and O–H groups in total. The van der Waals surface area contributed by atoms with E-state index in [9.17, 15) is 0 Å². The van der Waals surface area contributed by atoms with Gasteiger partial charge in [-0.1, -0.05) is 55.8 Å². The van der Waals surface area contributed by atoms with Gasteiger partial charge in [-0.3, -0.25) is 4.99 Å². The fourth-order valence-corrected chi connectivity index (χ4v) is 5.37. The van der Waals surface area contributed by atoms with Gasteiger partial charge in [0.05, 0.1) is 5.92 Å². The summed E-state index contributed by atoms with van der Waals surface area (Å²) in [4.78, 5) is 6.76. The topological polar surface area (TPSA) is 41.4 Å². The Morgan fingerprint density at radius 2 is 2.13 bits per heavy atom. The minimum Gasteiger partial charge on any atom is -0.353 e. The number of halogens is 2. The zero-order chi connectivity index (χ0) is 21.6. The van der Waals surface area contributed by atoms with Crippen LogP contribution in [0.3, 0.4) is 0 Å². The second kappa shape index (κ2) is 8.32. The van der Waals surface area contributed by atoms with Crippen molar-refractivity contribution >= 4 is 28.2 Å². The van der Waals surface area contributed by atoms with E-state index in [0.717, 1.165) is 53.6 Å². The Labute approximate surface area is 183 Å². The fraction of sp³-hybridized carbons (Fsp3) is 0.480. The van der Waals surface area contributed by atoms with Crippen LogP contribution in [0.5, 0.6) is 0 Å². The zero-order valence-corrected chi connectivity index (χ0v) is 18.8. The average molecular weight is 428 g/mol. The lowest BCUT2D eigenvalue weighted by Gasteiger charge is -2.32. The lowest BCUT2D eigenvalue weighted by Crippen LogP contribution is -2.47.